The van der Waals surface area contributed by atoms with Crippen LogP contribution in [0.4, 0.5) is 5.69 Å². The maximum Gasteiger partial charge on any atom is 0.126 e. The van der Waals surface area contributed by atoms with E-state index in [0.29, 0.717) is 11.3 Å². The molecule has 70 valence electrons. The summed E-state index contributed by atoms with van der Waals surface area (Å²) in [6.45, 7) is 2.05. The average Bonchev–Trinajstić information content (AvgIpc) is 2.04. The van der Waals surface area contributed by atoms with Crippen LogP contribution in [-0.4, -0.2) is 11.6 Å². The van der Waals surface area contributed by atoms with Crippen molar-refractivity contribution in [1.82, 2.24) is 0 Å². The third-order valence-corrected chi connectivity index (χ3v) is 2.57. The number of anilines is 1. The lowest BCUT2D eigenvalue weighted by molar-refractivity contribution is 1.34. The Balaban J connectivity index is 3.17. The van der Waals surface area contributed by atoms with Crippen molar-refractivity contribution in [3.63, 3.8) is 0 Å². The lowest BCUT2D eigenvalue weighted by Gasteiger charge is -2.08. The van der Waals surface area contributed by atoms with Gasteiger partial charge in [-0.3, -0.25) is 5.41 Å². The second kappa shape index (κ2) is 4.18. The van der Waals surface area contributed by atoms with Crippen molar-refractivity contribution in [1.29, 1.82) is 5.41 Å². The molecule has 3 nitrogen and oxygen atoms in total. The summed E-state index contributed by atoms with van der Waals surface area (Å²) in [5.74, 6) is 0.984. The molecular formula is C9H13N3S. The van der Waals surface area contributed by atoms with Crippen molar-refractivity contribution in [2.45, 2.75) is 11.8 Å². The van der Waals surface area contributed by atoms with Crippen molar-refractivity contribution in [3.05, 3.63) is 23.8 Å². The zero-order valence-electron chi connectivity index (χ0n) is 7.50. The molecule has 0 saturated carbocycles. The Bertz CT molecular complexity index is 323. The minimum absolute atomic E-state index is 0.0362. The van der Waals surface area contributed by atoms with Crippen LogP contribution in [0.15, 0.2) is 23.1 Å². The van der Waals surface area contributed by atoms with Gasteiger partial charge in [0.25, 0.3) is 0 Å². The number of nitrogens with one attached hydrogen (secondary N) is 1. The van der Waals surface area contributed by atoms with E-state index in [9.17, 15) is 0 Å². The Labute approximate surface area is 82.0 Å². The number of amidine groups is 1. The molecule has 1 rings (SSSR count). The van der Waals surface area contributed by atoms with Crippen molar-refractivity contribution in [3.8, 4) is 0 Å². The molecular weight excluding hydrogens is 182 g/mol. The van der Waals surface area contributed by atoms with E-state index >= 15 is 0 Å². The topological polar surface area (TPSA) is 75.9 Å². The van der Waals surface area contributed by atoms with E-state index in [1.54, 1.807) is 17.8 Å². The van der Waals surface area contributed by atoms with Gasteiger partial charge in [0.05, 0.1) is 5.56 Å². The number of hydrogen-bond acceptors (Lipinski definition) is 3. The fourth-order valence-electron chi connectivity index (χ4n) is 1.11. The number of benzene rings is 1. The van der Waals surface area contributed by atoms with E-state index in [2.05, 4.69) is 6.92 Å². The molecule has 0 aliphatic carbocycles. The van der Waals surface area contributed by atoms with Crippen LogP contribution in [0.1, 0.15) is 12.5 Å². The minimum Gasteiger partial charge on any atom is -0.398 e. The van der Waals surface area contributed by atoms with Gasteiger partial charge in [-0.1, -0.05) is 13.0 Å². The van der Waals surface area contributed by atoms with E-state index in [-0.39, 0.29) is 5.84 Å². The number of rotatable bonds is 3. The Morgan fingerprint density at radius 1 is 1.54 bits per heavy atom. The highest BCUT2D eigenvalue weighted by molar-refractivity contribution is 7.99. The van der Waals surface area contributed by atoms with Crippen LogP contribution in [0.5, 0.6) is 0 Å². The van der Waals surface area contributed by atoms with Crippen LogP contribution >= 0.6 is 11.8 Å². The first-order valence-electron chi connectivity index (χ1n) is 4.02. The number of nitrogens with two attached hydrogens (primary N) is 2. The maximum atomic E-state index is 7.38. The molecule has 0 spiro atoms. The second-order valence-electron chi connectivity index (χ2n) is 2.57. The first-order valence-corrected chi connectivity index (χ1v) is 5.01. The van der Waals surface area contributed by atoms with Gasteiger partial charge in [0, 0.05) is 10.6 Å². The second-order valence-corrected chi connectivity index (χ2v) is 3.87. The third kappa shape index (κ3) is 2.15. The molecule has 0 radical (unpaired) electrons. The van der Waals surface area contributed by atoms with Gasteiger partial charge in [0.2, 0.25) is 0 Å². The summed E-state index contributed by atoms with van der Waals surface area (Å²) in [6.07, 6.45) is 0. The first-order chi connectivity index (χ1) is 6.16. The predicted octanol–water partition coefficient (Wildman–Crippen LogP) is 1.66. The van der Waals surface area contributed by atoms with Gasteiger partial charge in [0.1, 0.15) is 5.84 Å². The summed E-state index contributed by atoms with van der Waals surface area (Å²) in [7, 11) is 0. The summed E-state index contributed by atoms with van der Waals surface area (Å²) in [4.78, 5) is 0.981. The van der Waals surface area contributed by atoms with Crippen LogP contribution in [0, 0.1) is 5.41 Å². The Morgan fingerprint density at radius 3 is 2.77 bits per heavy atom. The van der Waals surface area contributed by atoms with Gasteiger partial charge in [0.15, 0.2) is 0 Å². The molecule has 1 aromatic rings. The minimum atomic E-state index is 0.0362. The van der Waals surface area contributed by atoms with Crippen molar-refractivity contribution in [2.75, 3.05) is 11.5 Å². The lowest BCUT2D eigenvalue weighted by Crippen LogP contribution is -2.14. The molecule has 0 aliphatic rings. The molecule has 1 aromatic carbocycles. The SMILES string of the molecule is CCSc1cccc(N)c1C(=N)N. The molecule has 0 aromatic heterocycles. The largest absolute Gasteiger partial charge is 0.398 e. The molecule has 0 atom stereocenters. The fourth-order valence-corrected chi connectivity index (χ4v) is 1.97. The molecule has 13 heavy (non-hydrogen) atoms. The summed E-state index contributed by atoms with van der Waals surface area (Å²) in [5.41, 5.74) is 12.4. The molecule has 0 bridgehead atoms. The zero-order valence-corrected chi connectivity index (χ0v) is 8.32. The van der Waals surface area contributed by atoms with E-state index < -0.39 is 0 Å². The fraction of sp³-hybridized carbons (Fsp3) is 0.222. The molecule has 4 heteroatoms. The van der Waals surface area contributed by atoms with Gasteiger partial charge >= 0.3 is 0 Å². The van der Waals surface area contributed by atoms with E-state index in [0.717, 1.165) is 10.6 Å². The van der Waals surface area contributed by atoms with E-state index in [1.165, 1.54) is 0 Å². The normalized spacial score (nSPS) is 9.92. The Hall–Kier alpha value is -1.16. The highest BCUT2D eigenvalue weighted by Gasteiger charge is 2.08. The summed E-state index contributed by atoms with van der Waals surface area (Å²) < 4.78 is 0. The maximum absolute atomic E-state index is 7.38. The molecule has 0 amide bonds. The number of thioether (sulfide) groups is 1. The third-order valence-electron chi connectivity index (χ3n) is 1.63. The standard InChI is InChI=1S/C9H13N3S/c1-2-13-7-5-3-4-6(10)8(7)9(11)12/h3-5H,2,10H2,1H3,(H3,11,12). The highest BCUT2D eigenvalue weighted by atomic mass is 32.2. The molecule has 0 saturated heterocycles. The van der Waals surface area contributed by atoms with Crippen LogP contribution in [0.3, 0.4) is 0 Å². The monoisotopic (exact) mass is 195 g/mol. The molecule has 5 N–H and O–H groups in total. The molecule has 0 heterocycles. The molecule has 0 fully saturated rings. The van der Waals surface area contributed by atoms with Crippen LogP contribution in [-0.2, 0) is 0 Å². The van der Waals surface area contributed by atoms with Crippen molar-refractivity contribution < 1.29 is 0 Å². The average molecular weight is 195 g/mol. The summed E-state index contributed by atoms with van der Waals surface area (Å²) in [5, 5.41) is 7.38. The number of nitrogen functional groups attached to an aromatic ring is 2. The summed E-state index contributed by atoms with van der Waals surface area (Å²) >= 11 is 1.64. The van der Waals surface area contributed by atoms with Gasteiger partial charge < -0.3 is 11.5 Å². The summed E-state index contributed by atoms with van der Waals surface area (Å²) in [6, 6.07) is 5.57. The highest BCUT2D eigenvalue weighted by Crippen LogP contribution is 2.26. The van der Waals surface area contributed by atoms with Crippen LogP contribution in [0.25, 0.3) is 0 Å². The van der Waals surface area contributed by atoms with Gasteiger partial charge in [-0.05, 0) is 17.9 Å². The van der Waals surface area contributed by atoms with Crippen molar-refractivity contribution >= 4 is 23.3 Å². The first kappa shape index (κ1) is 9.92. The number of hydrogen-bond donors (Lipinski definition) is 3. The van der Waals surface area contributed by atoms with Crippen molar-refractivity contribution in [2.24, 2.45) is 5.73 Å². The molecule has 0 aliphatic heterocycles. The van der Waals surface area contributed by atoms with E-state index in [4.69, 9.17) is 16.9 Å². The smallest absolute Gasteiger partial charge is 0.126 e. The lowest BCUT2D eigenvalue weighted by atomic mass is 10.1. The zero-order chi connectivity index (χ0) is 9.84. The van der Waals surface area contributed by atoms with Crippen LogP contribution < -0.4 is 11.5 Å². The van der Waals surface area contributed by atoms with Gasteiger partial charge in [-0.15, -0.1) is 11.8 Å². The van der Waals surface area contributed by atoms with Gasteiger partial charge in [-0.2, -0.15) is 0 Å². The van der Waals surface area contributed by atoms with Gasteiger partial charge in [-0.25, -0.2) is 0 Å². The predicted molar refractivity (Wildman–Crippen MR) is 58.3 cm³/mol. The molecule has 0 unspecified atom stereocenters. The quantitative estimate of drug-likeness (QED) is 0.297. The Kier molecular flexibility index (Phi) is 3.19. The van der Waals surface area contributed by atoms with E-state index in [1.807, 2.05) is 12.1 Å². The van der Waals surface area contributed by atoms with Crippen LogP contribution in [0.2, 0.25) is 0 Å². The Morgan fingerprint density at radius 2 is 2.23 bits per heavy atom.